The highest BCUT2D eigenvalue weighted by molar-refractivity contribution is 5.91. The van der Waals surface area contributed by atoms with Gasteiger partial charge < -0.3 is 10.5 Å². The van der Waals surface area contributed by atoms with Crippen LogP contribution in [0.3, 0.4) is 0 Å². The maximum Gasteiger partial charge on any atom is 0.407 e. The minimum absolute atomic E-state index is 0.0411. The van der Waals surface area contributed by atoms with Crippen molar-refractivity contribution in [1.82, 2.24) is 0 Å². The molecule has 0 spiro atoms. The second-order valence-corrected chi connectivity index (χ2v) is 5.43. The van der Waals surface area contributed by atoms with Gasteiger partial charge in [-0.1, -0.05) is 44.2 Å². The Labute approximate surface area is 121 Å². The Hall–Kier alpha value is -1.75. The van der Waals surface area contributed by atoms with Gasteiger partial charge in [-0.3, -0.25) is 0 Å². The van der Waals surface area contributed by atoms with E-state index in [-0.39, 0.29) is 11.5 Å². The Kier molecular flexibility index (Phi) is 4.42. The van der Waals surface area contributed by atoms with E-state index in [0.717, 1.165) is 0 Å². The van der Waals surface area contributed by atoms with Crippen LogP contribution in [0.25, 0.3) is 10.8 Å². The molecule has 2 N–H and O–H groups in total. The van der Waals surface area contributed by atoms with Crippen LogP contribution in [-0.4, -0.2) is 12.8 Å². The van der Waals surface area contributed by atoms with Crippen LogP contribution in [-0.2, 0) is 0 Å². The summed E-state index contributed by atoms with van der Waals surface area (Å²) in [4.78, 5) is 0. The van der Waals surface area contributed by atoms with Gasteiger partial charge in [-0.25, -0.2) is 0 Å². The van der Waals surface area contributed by atoms with E-state index in [0.29, 0.717) is 23.1 Å². The Morgan fingerprint density at radius 3 is 2.29 bits per heavy atom. The molecule has 0 saturated carbocycles. The second-order valence-electron chi connectivity index (χ2n) is 5.43. The molecule has 2 aromatic carbocycles. The molecule has 0 unspecified atom stereocenters. The lowest BCUT2D eigenvalue weighted by Crippen LogP contribution is -2.28. The van der Waals surface area contributed by atoms with Gasteiger partial charge in [-0.05, 0) is 22.9 Å². The predicted octanol–water partition coefficient (Wildman–Crippen LogP) is 4.44. The molecule has 2 rings (SSSR count). The molecule has 0 aliphatic carbocycles. The molecule has 2 nitrogen and oxygen atoms in total. The van der Waals surface area contributed by atoms with Gasteiger partial charge in [0, 0.05) is 5.39 Å². The quantitative estimate of drug-likeness (QED) is 0.905. The van der Waals surface area contributed by atoms with Crippen LogP contribution in [0.4, 0.5) is 13.2 Å². The van der Waals surface area contributed by atoms with E-state index >= 15 is 0 Å². The molecule has 0 fully saturated rings. The zero-order chi connectivity index (χ0) is 15.6. The van der Waals surface area contributed by atoms with Crippen LogP contribution in [0.5, 0.6) is 5.75 Å². The van der Waals surface area contributed by atoms with Crippen molar-refractivity contribution in [2.75, 3.05) is 6.61 Å². The van der Waals surface area contributed by atoms with E-state index in [1.807, 2.05) is 13.8 Å². The summed E-state index contributed by atoms with van der Waals surface area (Å²) in [6.07, 6.45) is -4.49. The number of rotatable bonds is 4. The van der Waals surface area contributed by atoms with E-state index < -0.39 is 12.2 Å². The Bertz CT molecular complexity index is 617. The van der Waals surface area contributed by atoms with Crippen molar-refractivity contribution in [3.05, 3.63) is 42.0 Å². The van der Waals surface area contributed by atoms with E-state index in [1.165, 1.54) is 6.07 Å². The zero-order valence-electron chi connectivity index (χ0n) is 11.9. The van der Waals surface area contributed by atoms with Gasteiger partial charge >= 0.3 is 6.18 Å². The topological polar surface area (TPSA) is 35.2 Å². The van der Waals surface area contributed by atoms with Crippen molar-refractivity contribution >= 4 is 10.8 Å². The number of benzene rings is 2. The second kappa shape index (κ2) is 5.93. The number of ether oxygens (including phenoxy) is 1. The number of fused-ring (bicyclic) bond motifs is 1. The van der Waals surface area contributed by atoms with Crippen molar-refractivity contribution in [2.45, 2.75) is 26.1 Å². The average molecular weight is 297 g/mol. The van der Waals surface area contributed by atoms with Gasteiger partial charge in [-0.2, -0.15) is 13.2 Å². The predicted molar refractivity (Wildman–Crippen MR) is 77.3 cm³/mol. The summed E-state index contributed by atoms with van der Waals surface area (Å²) in [6.45, 7) is 4.40. The first-order valence-electron chi connectivity index (χ1n) is 6.77. The molecule has 0 amide bonds. The first kappa shape index (κ1) is 15.6. The largest absolute Gasteiger partial charge is 0.493 e. The standard InChI is InChI=1S/C16H18F3NO/c1-10(2)9-21-13-8-4-6-11-5-3-7-12(14(11)13)15(20)16(17,18)19/h3-8,10,15H,9,20H2,1-2H3/t15-/m0/s1. The fourth-order valence-electron chi connectivity index (χ4n) is 2.15. The third-order valence-electron chi connectivity index (χ3n) is 3.16. The summed E-state index contributed by atoms with van der Waals surface area (Å²) in [7, 11) is 0. The van der Waals surface area contributed by atoms with Crippen molar-refractivity contribution in [3.8, 4) is 5.75 Å². The SMILES string of the molecule is CC(C)COc1cccc2cccc([C@H](N)C(F)(F)F)c12. The fraction of sp³-hybridized carbons (Fsp3) is 0.375. The summed E-state index contributed by atoms with van der Waals surface area (Å²) in [5.74, 6) is 0.722. The van der Waals surface area contributed by atoms with E-state index in [4.69, 9.17) is 10.5 Å². The molecule has 1 atom stereocenters. The smallest absolute Gasteiger partial charge is 0.407 e. The van der Waals surface area contributed by atoms with Crippen LogP contribution in [0.15, 0.2) is 36.4 Å². The molecular formula is C16H18F3NO. The number of hydrogen-bond donors (Lipinski definition) is 1. The highest BCUT2D eigenvalue weighted by atomic mass is 19.4. The molecule has 0 aromatic heterocycles. The molecule has 5 heteroatoms. The van der Waals surface area contributed by atoms with Gasteiger partial charge in [0.2, 0.25) is 0 Å². The summed E-state index contributed by atoms with van der Waals surface area (Å²) in [5, 5.41) is 1.12. The molecule has 21 heavy (non-hydrogen) atoms. The molecule has 0 aliphatic rings. The Balaban J connectivity index is 2.55. The first-order chi connectivity index (χ1) is 9.80. The molecular weight excluding hydrogens is 279 g/mol. The molecule has 0 aliphatic heterocycles. The van der Waals surface area contributed by atoms with Crippen LogP contribution in [0.1, 0.15) is 25.5 Å². The Morgan fingerprint density at radius 2 is 1.71 bits per heavy atom. The minimum atomic E-state index is -4.49. The highest BCUT2D eigenvalue weighted by Crippen LogP contribution is 2.38. The normalized spacial score (nSPS) is 13.7. The highest BCUT2D eigenvalue weighted by Gasteiger charge is 2.39. The molecule has 0 bridgehead atoms. The lowest BCUT2D eigenvalue weighted by Gasteiger charge is -2.20. The average Bonchev–Trinajstić information content (AvgIpc) is 2.42. The van der Waals surface area contributed by atoms with Crippen molar-refractivity contribution < 1.29 is 17.9 Å². The first-order valence-corrected chi connectivity index (χ1v) is 6.77. The Morgan fingerprint density at radius 1 is 1.10 bits per heavy atom. The summed E-state index contributed by atoms with van der Waals surface area (Å²) in [5.41, 5.74) is 5.42. The van der Waals surface area contributed by atoms with E-state index in [2.05, 4.69) is 0 Å². The molecule has 0 saturated heterocycles. The molecule has 0 heterocycles. The molecule has 0 radical (unpaired) electrons. The van der Waals surface area contributed by atoms with Gasteiger partial charge in [0.15, 0.2) is 0 Å². The maximum absolute atomic E-state index is 12.9. The maximum atomic E-state index is 12.9. The molecule has 2 aromatic rings. The van der Waals surface area contributed by atoms with Crippen LogP contribution in [0.2, 0.25) is 0 Å². The number of alkyl halides is 3. The fourth-order valence-corrected chi connectivity index (χ4v) is 2.15. The van der Waals surface area contributed by atoms with E-state index in [9.17, 15) is 13.2 Å². The number of halogens is 3. The lowest BCUT2D eigenvalue weighted by molar-refractivity contribution is -0.148. The van der Waals surface area contributed by atoms with Crippen molar-refractivity contribution in [2.24, 2.45) is 11.7 Å². The summed E-state index contributed by atoms with van der Waals surface area (Å²) in [6, 6.07) is 7.91. The van der Waals surface area contributed by atoms with Gasteiger partial charge in [0.05, 0.1) is 6.61 Å². The van der Waals surface area contributed by atoms with Gasteiger partial charge in [0.1, 0.15) is 11.8 Å². The van der Waals surface area contributed by atoms with Crippen LogP contribution in [0, 0.1) is 5.92 Å². The third-order valence-corrected chi connectivity index (χ3v) is 3.16. The van der Waals surface area contributed by atoms with Crippen molar-refractivity contribution in [3.63, 3.8) is 0 Å². The zero-order valence-corrected chi connectivity index (χ0v) is 11.9. The van der Waals surface area contributed by atoms with Crippen LogP contribution >= 0.6 is 0 Å². The summed E-state index contributed by atoms with van der Waals surface area (Å²) >= 11 is 0. The number of hydrogen-bond acceptors (Lipinski definition) is 2. The molecule has 114 valence electrons. The lowest BCUT2D eigenvalue weighted by atomic mass is 9.98. The van der Waals surface area contributed by atoms with E-state index in [1.54, 1.807) is 30.3 Å². The van der Waals surface area contributed by atoms with Gasteiger partial charge in [0.25, 0.3) is 0 Å². The number of nitrogens with two attached hydrogens (primary N) is 1. The minimum Gasteiger partial charge on any atom is -0.493 e. The van der Waals surface area contributed by atoms with Crippen molar-refractivity contribution in [1.29, 1.82) is 0 Å². The van der Waals surface area contributed by atoms with Gasteiger partial charge in [-0.15, -0.1) is 0 Å². The third kappa shape index (κ3) is 3.47. The monoisotopic (exact) mass is 297 g/mol. The van der Waals surface area contributed by atoms with Crippen LogP contribution < -0.4 is 10.5 Å². The summed E-state index contributed by atoms with van der Waals surface area (Å²) < 4.78 is 44.5.